The van der Waals surface area contributed by atoms with Gasteiger partial charge in [0, 0.05) is 86.6 Å². The number of aromatic hydroxyl groups is 1. The van der Waals surface area contributed by atoms with Crippen molar-refractivity contribution in [3.8, 4) is 56.7 Å². The van der Waals surface area contributed by atoms with Gasteiger partial charge in [-0.15, -0.1) is 0 Å². The fourth-order valence-electron chi connectivity index (χ4n) is 14.3. The third kappa shape index (κ3) is 7.32. The summed E-state index contributed by atoms with van der Waals surface area (Å²) in [6.07, 6.45) is 0. The van der Waals surface area contributed by atoms with Crippen molar-refractivity contribution in [2.75, 3.05) is 32.7 Å². The third-order valence-electron chi connectivity index (χ3n) is 18.4. The van der Waals surface area contributed by atoms with Crippen molar-refractivity contribution in [1.29, 1.82) is 0 Å². The number of ether oxygens (including phenoxy) is 2. The molecule has 0 amide bonds. The van der Waals surface area contributed by atoms with Crippen LogP contribution in [0.25, 0.3) is 49.7 Å². The topological polar surface area (TPSA) is 56.6 Å². The number of fused-ring (bicyclic) bond motifs is 13. The Morgan fingerprint density at radius 3 is 1.19 bits per heavy atom. The van der Waals surface area contributed by atoms with Crippen LogP contribution in [0.1, 0.15) is 63.8 Å². The zero-order valence-electron chi connectivity index (χ0n) is 47.9. The van der Waals surface area contributed by atoms with E-state index in [1.165, 1.54) is 44.5 Å². The van der Waals surface area contributed by atoms with Crippen molar-refractivity contribution in [3.63, 3.8) is 0 Å². The molecular formula is C76H61N5O3. The summed E-state index contributed by atoms with van der Waals surface area (Å²) in [6.45, 7) is 15.4. The lowest BCUT2D eigenvalue weighted by atomic mass is 9.82. The normalized spacial score (nSPS) is 14.3. The van der Waals surface area contributed by atoms with Crippen LogP contribution in [0.3, 0.4) is 0 Å². The number of aromatic nitrogens is 1. The Morgan fingerprint density at radius 1 is 0.357 bits per heavy atom. The van der Waals surface area contributed by atoms with E-state index in [0.29, 0.717) is 0 Å². The molecule has 1 N–H and O–H groups in total. The number of para-hydroxylation sites is 4. The van der Waals surface area contributed by atoms with Gasteiger partial charge >= 0.3 is 0 Å². The first-order valence-electron chi connectivity index (χ1n) is 29.3. The molecule has 0 saturated heterocycles. The molecule has 0 bridgehead atoms. The number of phenols is 1. The van der Waals surface area contributed by atoms with Crippen molar-refractivity contribution in [1.82, 2.24) is 4.57 Å². The molecule has 4 aliphatic rings. The molecule has 11 aromatic carbocycles. The van der Waals surface area contributed by atoms with Crippen LogP contribution in [-0.4, -0.2) is 22.8 Å². The Morgan fingerprint density at radius 2 is 0.726 bits per heavy atom. The highest BCUT2D eigenvalue weighted by atomic mass is 16.5. The number of rotatable bonds is 9. The Hall–Kier alpha value is -10.2. The molecule has 8 nitrogen and oxygen atoms in total. The number of benzene rings is 11. The van der Waals surface area contributed by atoms with Gasteiger partial charge < -0.3 is 38.7 Å². The monoisotopic (exact) mass is 1090 g/mol. The summed E-state index contributed by atoms with van der Waals surface area (Å²) >= 11 is 0. The van der Waals surface area contributed by atoms with Crippen molar-refractivity contribution in [2.24, 2.45) is 0 Å². The minimum atomic E-state index is -0.218. The van der Waals surface area contributed by atoms with Gasteiger partial charge in [-0.1, -0.05) is 113 Å². The number of phenolic OH excluding ortho intramolecular Hbond substituents is 1. The Labute approximate surface area is 489 Å². The first-order valence-corrected chi connectivity index (χ1v) is 29.3. The first-order chi connectivity index (χ1) is 41.0. The number of anilines is 10. The van der Waals surface area contributed by atoms with Gasteiger partial charge in [-0.25, -0.2) is 0 Å². The van der Waals surface area contributed by atoms with E-state index >= 15 is 0 Å². The maximum Gasteiger partial charge on any atom is 0.153 e. The van der Waals surface area contributed by atoms with Gasteiger partial charge in [0.1, 0.15) is 5.75 Å². The molecule has 0 spiro atoms. The fraction of sp³-hybridized carbons (Fsp3) is 0.132. The summed E-state index contributed by atoms with van der Waals surface area (Å²) in [4.78, 5) is 9.46. The Balaban J connectivity index is 0.915. The quantitative estimate of drug-likeness (QED) is 0.155. The van der Waals surface area contributed by atoms with Gasteiger partial charge in [-0.05, 0) is 192 Å². The van der Waals surface area contributed by atoms with Gasteiger partial charge in [0.2, 0.25) is 0 Å². The fourth-order valence-corrected chi connectivity index (χ4v) is 14.3. The van der Waals surface area contributed by atoms with E-state index in [0.717, 1.165) is 120 Å². The van der Waals surface area contributed by atoms with Gasteiger partial charge in [0.05, 0.1) is 33.8 Å². The Bertz CT molecular complexity index is 4430. The first kappa shape index (κ1) is 49.6. The molecule has 2 aliphatic heterocycles. The van der Waals surface area contributed by atoms with Gasteiger partial charge in [0.25, 0.3) is 0 Å². The summed E-state index contributed by atoms with van der Waals surface area (Å²) in [5.41, 5.74) is 23.2. The van der Waals surface area contributed by atoms with Crippen molar-refractivity contribution in [3.05, 3.63) is 253 Å². The number of nitrogens with zero attached hydrogens (tertiary/aromatic N) is 5. The molecule has 16 rings (SSSR count). The highest BCUT2D eigenvalue weighted by Gasteiger charge is 2.38. The predicted octanol–water partition coefficient (Wildman–Crippen LogP) is 20.6. The van der Waals surface area contributed by atoms with Crippen molar-refractivity contribution in [2.45, 2.75) is 52.4 Å². The molecule has 0 unspecified atom stereocenters. The van der Waals surface area contributed by atoms with Crippen LogP contribution in [0.5, 0.6) is 28.7 Å². The number of hydrogen-bond donors (Lipinski definition) is 1. The van der Waals surface area contributed by atoms with Crippen LogP contribution < -0.4 is 29.1 Å². The molecule has 8 heteroatoms. The van der Waals surface area contributed by atoms with E-state index in [2.05, 4.69) is 260 Å². The molecule has 0 atom stereocenters. The number of hydrogen-bond acceptors (Lipinski definition) is 7. The molecule has 84 heavy (non-hydrogen) atoms. The lowest BCUT2D eigenvalue weighted by Crippen LogP contribution is -2.21. The van der Waals surface area contributed by atoms with Crippen LogP contribution in [-0.2, 0) is 10.8 Å². The minimum absolute atomic E-state index is 0.218. The predicted molar refractivity (Wildman–Crippen MR) is 345 cm³/mol. The summed E-state index contributed by atoms with van der Waals surface area (Å²) in [6, 6.07) is 82.9. The second-order valence-corrected chi connectivity index (χ2v) is 23.7. The van der Waals surface area contributed by atoms with E-state index in [1.54, 1.807) is 12.1 Å². The second-order valence-electron chi connectivity index (χ2n) is 23.7. The highest BCUT2D eigenvalue weighted by Crippen LogP contribution is 2.56. The molecule has 1 aromatic heterocycles. The average Bonchev–Trinajstić information content (AvgIpc) is 2.11. The summed E-state index contributed by atoms with van der Waals surface area (Å²) in [5.74, 6) is 3.51. The van der Waals surface area contributed by atoms with E-state index in [4.69, 9.17) is 9.47 Å². The van der Waals surface area contributed by atoms with Gasteiger partial charge in [-0.2, -0.15) is 0 Å². The van der Waals surface area contributed by atoms with Crippen LogP contribution in [0.2, 0.25) is 0 Å². The van der Waals surface area contributed by atoms with E-state index in [1.807, 2.05) is 24.3 Å². The highest BCUT2D eigenvalue weighted by molar-refractivity contribution is 6.12. The molecular weight excluding hydrogens is 1030 g/mol. The van der Waals surface area contributed by atoms with Crippen molar-refractivity contribution >= 4 is 78.7 Å². The van der Waals surface area contributed by atoms with Crippen molar-refractivity contribution < 1.29 is 14.6 Å². The lowest BCUT2D eigenvalue weighted by molar-refractivity contribution is 0.473. The van der Waals surface area contributed by atoms with E-state index in [-0.39, 0.29) is 16.6 Å². The molecule has 12 aromatic rings. The second kappa shape index (κ2) is 18.4. The molecule has 0 radical (unpaired) electrons. The largest absolute Gasteiger partial charge is 0.508 e. The summed E-state index contributed by atoms with van der Waals surface area (Å²) < 4.78 is 16.0. The molecule has 3 heterocycles. The standard InChI is InChI=1S/C76H61N5O3/c1-7-77-67-21-13-15-23-71(67)83-73-45-52(31-39-69(73)77)79(50-27-35-57-55-17-9-11-19-61(55)75(3,4)63(57)43-50)48-29-37-65-59(41-48)60-42-49(30-38-66(60)81(65)47-25-33-54(82)34-26-47)80(51-28-36-58-56-18-10-12-20-62(56)76(5,6)64(58)44-51)53-32-40-70-74(46-53)84-72-24-16-14-22-68(72)78(70)8-2/h9-46,82H,7-8H2,1-6H3. The maximum absolute atomic E-state index is 10.7. The summed E-state index contributed by atoms with van der Waals surface area (Å²) in [5, 5.41) is 12.8. The third-order valence-corrected chi connectivity index (χ3v) is 18.4. The smallest absolute Gasteiger partial charge is 0.153 e. The van der Waals surface area contributed by atoms with Gasteiger partial charge in [-0.3, -0.25) is 0 Å². The van der Waals surface area contributed by atoms with Crippen LogP contribution >= 0.6 is 0 Å². The van der Waals surface area contributed by atoms with Crippen LogP contribution in [0, 0.1) is 0 Å². The van der Waals surface area contributed by atoms with Gasteiger partial charge in [0.15, 0.2) is 23.0 Å². The molecule has 0 fully saturated rings. The molecule has 2 aliphatic carbocycles. The SMILES string of the molecule is CCN1c2ccccc2Oc2cc(N(c3ccc4c(c3)C(C)(C)c3ccccc3-4)c3ccc4c(c3)c3cc(N(c5ccc6c(c5)Oc5ccccc5N6CC)c5ccc6c(c5)C(C)(C)c5ccccc5-6)ccc3n4-c3ccc(O)cc3)ccc21. The average molecular weight is 1090 g/mol. The summed E-state index contributed by atoms with van der Waals surface area (Å²) in [7, 11) is 0. The zero-order valence-corrected chi connectivity index (χ0v) is 47.9. The van der Waals surface area contributed by atoms with E-state index < -0.39 is 0 Å². The zero-order chi connectivity index (χ0) is 56.8. The van der Waals surface area contributed by atoms with Crippen LogP contribution in [0.15, 0.2) is 231 Å². The maximum atomic E-state index is 10.7. The minimum Gasteiger partial charge on any atom is -0.508 e. The van der Waals surface area contributed by atoms with Crippen LogP contribution in [0.4, 0.5) is 56.9 Å². The lowest BCUT2D eigenvalue weighted by Gasteiger charge is -2.34. The van der Waals surface area contributed by atoms with E-state index in [9.17, 15) is 5.11 Å². The molecule has 408 valence electrons. The molecule has 0 saturated carbocycles. The Kier molecular flexibility index (Phi) is 10.9.